The van der Waals surface area contributed by atoms with Gasteiger partial charge in [0.25, 0.3) is 0 Å². The molecule has 1 amide bonds. The minimum absolute atomic E-state index is 0.0114. The van der Waals surface area contributed by atoms with E-state index in [1.165, 1.54) is 0 Å². The second-order valence-corrected chi connectivity index (χ2v) is 4.90. The van der Waals surface area contributed by atoms with Crippen LogP contribution in [0.2, 0.25) is 0 Å². The van der Waals surface area contributed by atoms with Gasteiger partial charge in [0.15, 0.2) is 0 Å². The van der Waals surface area contributed by atoms with Crippen molar-refractivity contribution in [2.45, 2.75) is 64.6 Å². The first-order valence-corrected chi connectivity index (χ1v) is 6.80. The van der Waals surface area contributed by atoms with Gasteiger partial charge in [0.05, 0.1) is 6.10 Å². The number of hydrogen-bond acceptors (Lipinski definition) is 3. The molecule has 0 radical (unpaired) electrons. The third-order valence-corrected chi connectivity index (χ3v) is 3.42. The molecule has 1 fully saturated rings. The number of carbonyl (C=O) groups is 1. The van der Waals surface area contributed by atoms with Crippen molar-refractivity contribution in [1.82, 2.24) is 10.6 Å². The number of ether oxygens (including phenoxy) is 1. The van der Waals surface area contributed by atoms with Gasteiger partial charge >= 0.3 is 0 Å². The fourth-order valence-electron chi connectivity index (χ4n) is 2.07. The van der Waals surface area contributed by atoms with Crippen LogP contribution in [0.15, 0.2) is 0 Å². The molecule has 2 unspecified atom stereocenters. The zero-order chi connectivity index (χ0) is 12.7. The van der Waals surface area contributed by atoms with E-state index >= 15 is 0 Å². The first-order chi connectivity index (χ1) is 8.15. The highest BCUT2D eigenvalue weighted by Crippen LogP contribution is 2.10. The molecule has 0 aromatic carbocycles. The highest BCUT2D eigenvalue weighted by molar-refractivity contribution is 5.77. The maximum atomic E-state index is 11.6. The first kappa shape index (κ1) is 14.5. The van der Waals surface area contributed by atoms with Gasteiger partial charge in [-0.3, -0.25) is 4.79 Å². The minimum Gasteiger partial charge on any atom is -0.367 e. The molecule has 0 aromatic heterocycles. The lowest BCUT2D eigenvalue weighted by Gasteiger charge is -2.27. The molecule has 0 aliphatic carbocycles. The van der Waals surface area contributed by atoms with E-state index in [-0.39, 0.29) is 24.7 Å². The van der Waals surface area contributed by atoms with Crippen LogP contribution in [0.3, 0.4) is 0 Å². The summed E-state index contributed by atoms with van der Waals surface area (Å²) in [6.45, 7) is 7.40. The molecule has 0 spiro atoms. The zero-order valence-electron chi connectivity index (χ0n) is 11.3. The van der Waals surface area contributed by atoms with Crippen molar-refractivity contribution < 1.29 is 9.53 Å². The highest BCUT2D eigenvalue weighted by Gasteiger charge is 2.19. The molecule has 1 aliphatic rings. The molecule has 2 N–H and O–H groups in total. The number of piperidine rings is 1. The fourth-order valence-corrected chi connectivity index (χ4v) is 2.07. The van der Waals surface area contributed by atoms with Gasteiger partial charge in [-0.15, -0.1) is 0 Å². The normalized spacial score (nSPS) is 24.9. The number of carbonyl (C=O) groups excluding carboxylic acids is 1. The molecule has 0 aromatic rings. The van der Waals surface area contributed by atoms with Crippen molar-refractivity contribution >= 4 is 5.91 Å². The molecule has 4 heteroatoms. The first-order valence-electron chi connectivity index (χ1n) is 6.80. The fraction of sp³-hybridized carbons (Fsp3) is 0.923. The van der Waals surface area contributed by atoms with Crippen LogP contribution in [0.5, 0.6) is 0 Å². The van der Waals surface area contributed by atoms with E-state index in [2.05, 4.69) is 31.4 Å². The third kappa shape index (κ3) is 5.50. The third-order valence-electron chi connectivity index (χ3n) is 3.42. The Hall–Kier alpha value is -0.610. The molecule has 17 heavy (non-hydrogen) atoms. The van der Waals surface area contributed by atoms with Gasteiger partial charge in [0, 0.05) is 18.6 Å². The number of amides is 1. The van der Waals surface area contributed by atoms with E-state index in [0.717, 1.165) is 32.2 Å². The summed E-state index contributed by atoms with van der Waals surface area (Å²) in [5.74, 6) is 0.0114. The zero-order valence-corrected chi connectivity index (χ0v) is 11.3. The Bertz CT molecular complexity index is 221. The molecule has 1 heterocycles. The van der Waals surface area contributed by atoms with Gasteiger partial charge < -0.3 is 15.4 Å². The predicted octanol–water partition coefficient (Wildman–Crippen LogP) is 1.45. The van der Waals surface area contributed by atoms with Crippen LogP contribution in [0, 0.1) is 0 Å². The van der Waals surface area contributed by atoms with Crippen LogP contribution in [0.1, 0.15) is 46.5 Å². The maximum Gasteiger partial charge on any atom is 0.246 e. The van der Waals surface area contributed by atoms with E-state index in [4.69, 9.17) is 4.74 Å². The predicted molar refractivity (Wildman–Crippen MR) is 69.0 cm³/mol. The van der Waals surface area contributed by atoms with E-state index in [0.29, 0.717) is 6.04 Å². The summed E-state index contributed by atoms with van der Waals surface area (Å²) >= 11 is 0. The Morgan fingerprint density at radius 2 is 2.12 bits per heavy atom. The van der Waals surface area contributed by atoms with Gasteiger partial charge in [-0.2, -0.15) is 0 Å². The number of nitrogens with one attached hydrogen (secondary N) is 2. The molecule has 4 nitrogen and oxygen atoms in total. The summed E-state index contributed by atoms with van der Waals surface area (Å²) in [4.78, 5) is 11.6. The van der Waals surface area contributed by atoms with E-state index in [1.807, 2.05) is 0 Å². The molecule has 1 aliphatic heterocycles. The minimum atomic E-state index is 0.0114. The lowest BCUT2D eigenvalue weighted by molar-refractivity contribution is -0.128. The molecule has 1 saturated heterocycles. The van der Waals surface area contributed by atoms with Crippen LogP contribution in [0.25, 0.3) is 0 Å². The quantitative estimate of drug-likeness (QED) is 0.741. The molecule has 0 saturated carbocycles. The maximum absolute atomic E-state index is 11.6. The van der Waals surface area contributed by atoms with Crippen molar-refractivity contribution in [3.63, 3.8) is 0 Å². The monoisotopic (exact) mass is 242 g/mol. The topological polar surface area (TPSA) is 50.4 Å². The van der Waals surface area contributed by atoms with Gasteiger partial charge in [-0.05, 0) is 32.6 Å². The molecule has 0 bridgehead atoms. The average molecular weight is 242 g/mol. The van der Waals surface area contributed by atoms with Crippen LogP contribution in [-0.4, -0.2) is 37.2 Å². The standard InChI is InChI=1S/C13H26N2O2/c1-4-11(5-2)15-13(16)9-17-12-7-6-10(3)14-8-12/h10-12,14H,4-9H2,1-3H3,(H,15,16). The van der Waals surface area contributed by atoms with Crippen molar-refractivity contribution in [3.8, 4) is 0 Å². The Morgan fingerprint density at radius 1 is 1.41 bits per heavy atom. The molecular weight excluding hydrogens is 216 g/mol. The smallest absolute Gasteiger partial charge is 0.246 e. The summed E-state index contributed by atoms with van der Waals surface area (Å²) in [6.07, 6.45) is 4.32. The second-order valence-electron chi connectivity index (χ2n) is 4.90. The van der Waals surface area contributed by atoms with E-state index in [1.54, 1.807) is 0 Å². The van der Waals surface area contributed by atoms with Crippen molar-refractivity contribution in [3.05, 3.63) is 0 Å². The summed E-state index contributed by atoms with van der Waals surface area (Å²) < 4.78 is 5.61. The molecular formula is C13H26N2O2. The molecule has 1 rings (SSSR count). The van der Waals surface area contributed by atoms with Gasteiger partial charge in [-0.25, -0.2) is 0 Å². The van der Waals surface area contributed by atoms with Crippen LogP contribution in [-0.2, 0) is 9.53 Å². The lowest BCUT2D eigenvalue weighted by Crippen LogP contribution is -2.43. The average Bonchev–Trinajstić information content (AvgIpc) is 2.35. The number of hydrogen-bond donors (Lipinski definition) is 2. The van der Waals surface area contributed by atoms with Crippen LogP contribution < -0.4 is 10.6 Å². The van der Waals surface area contributed by atoms with E-state index < -0.39 is 0 Å². The second kappa shape index (κ2) is 7.67. The van der Waals surface area contributed by atoms with Gasteiger partial charge in [-0.1, -0.05) is 13.8 Å². The summed E-state index contributed by atoms with van der Waals surface area (Å²) in [6, 6.07) is 0.865. The van der Waals surface area contributed by atoms with Gasteiger partial charge in [0.1, 0.15) is 6.61 Å². The van der Waals surface area contributed by atoms with Gasteiger partial charge in [0.2, 0.25) is 5.91 Å². The van der Waals surface area contributed by atoms with Crippen LogP contribution >= 0.6 is 0 Å². The van der Waals surface area contributed by atoms with Crippen molar-refractivity contribution in [2.24, 2.45) is 0 Å². The molecule has 100 valence electrons. The number of rotatable bonds is 6. The van der Waals surface area contributed by atoms with Crippen molar-refractivity contribution in [1.29, 1.82) is 0 Å². The SMILES string of the molecule is CCC(CC)NC(=O)COC1CCC(C)NC1. The lowest BCUT2D eigenvalue weighted by atomic mass is 10.0. The largest absolute Gasteiger partial charge is 0.367 e. The van der Waals surface area contributed by atoms with E-state index in [9.17, 15) is 4.79 Å². The Balaban J connectivity index is 2.15. The Kier molecular flexibility index (Phi) is 6.52. The summed E-state index contributed by atoms with van der Waals surface area (Å²) in [7, 11) is 0. The molecule has 2 atom stereocenters. The van der Waals surface area contributed by atoms with Crippen molar-refractivity contribution in [2.75, 3.05) is 13.2 Å². The highest BCUT2D eigenvalue weighted by atomic mass is 16.5. The summed E-state index contributed by atoms with van der Waals surface area (Å²) in [5, 5.41) is 6.34. The Morgan fingerprint density at radius 3 is 2.65 bits per heavy atom. The summed E-state index contributed by atoms with van der Waals surface area (Å²) in [5.41, 5.74) is 0. The van der Waals surface area contributed by atoms with Crippen LogP contribution in [0.4, 0.5) is 0 Å². The Labute approximate surface area is 104 Å².